The number of aryl methyl sites for hydroxylation is 1. The summed E-state index contributed by atoms with van der Waals surface area (Å²) < 4.78 is 0. The Kier molecular flexibility index (Phi) is 3.78. The van der Waals surface area contributed by atoms with Crippen molar-refractivity contribution in [1.82, 2.24) is 15.2 Å². The lowest BCUT2D eigenvalue weighted by Crippen LogP contribution is -2.38. The van der Waals surface area contributed by atoms with E-state index in [-0.39, 0.29) is 11.9 Å². The lowest BCUT2D eigenvalue weighted by atomic mass is 9.92. The lowest BCUT2D eigenvalue weighted by molar-refractivity contribution is -0.129. The fourth-order valence-corrected chi connectivity index (χ4v) is 3.10. The molecule has 4 nitrogen and oxygen atoms in total. The molecule has 1 saturated heterocycles. The zero-order valence-electron chi connectivity index (χ0n) is 11.3. The van der Waals surface area contributed by atoms with Crippen LogP contribution in [-0.4, -0.2) is 35.4 Å². The SMILES string of the molecule is O=C(CNC1CCCc2cccnc21)N1CCCC1. The van der Waals surface area contributed by atoms with Gasteiger partial charge in [-0.2, -0.15) is 0 Å². The first kappa shape index (κ1) is 12.6. The van der Waals surface area contributed by atoms with E-state index >= 15 is 0 Å². The molecule has 0 bridgehead atoms. The molecule has 1 fully saturated rings. The molecule has 19 heavy (non-hydrogen) atoms. The van der Waals surface area contributed by atoms with Crippen molar-refractivity contribution in [2.24, 2.45) is 0 Å². The van der Waals surface area contributed by atoms with E-state index in [1.807, 2.05) is 17.2 Å². The van der Waals surface area contributed by atoms with Gasteiger partial charge < -0.3 is 10.2 Å². The number of hydrogen-bond donors (Lipinski definition) is 1. The third-order valence-electron chi connectivity index (χ3n) is 4.15. The highest BCUT2D eigenvalue weighted by Crippen LogP contribution is 2.27. The average Bonchev–Trinajstić information content (AvgIpc) is 2.99. The number of rotatable bonds is 3. The van der Waals surface area contributed by atoms with Gasteiger partial charge in [-0.15, -0.1) is 0 Å². The summed E-state index contributed by atoms with van der Waals surface area (Å²) in [6.07, 6.45) is 7.52. The van der Waals surface area contributed by atoms with Crippen molar-refractivity contribution in [3.63, 3.8) is 0 Å². The van der Waals surface area contributed by atoms with Gasteiger partial charge in [-0.25, -0.2) is 0 Å². The molecule has 1 unspecified atom stereocenters. The van der Waals surface area contributed by atoms with Crippen LogP contribution in [0, 0.1) is 0 Å². The van der Waals surface area contributed by atoms with E-state index in [1.54, 1.807) is 0 Å². The normalized spacial score (nSPS) is 22.3. The predicted octanol–water partition coefficient (Wildman–Crippen LogP) is 1.67. The van der Waals surface area contributed by atoms with Gasteiger partial charge in [0.1, 0.15) is 0 Å². The molecule has 0 spiro atoms. The third kappa shape index (κ3) is 2.78. The number of nitrogens with one attached hydrogen (secondary N) is 1. The van der Waals surface area contributed by atoms with Crippen molar-refractivity contribution >= 4 is 5.91 Å². The molecule has 1 aromatic heterocycles. The van der Waals surface area contributed by atoms with Gasteiger partial charge in [0.05, 0.1) is 18.3 Å². The van der Waals surface area contributed by atoms with Crippen molar-refractivity contribution in [3.8, 4) is 0 Å². The van der Waals surface area contributed by atoms with E-state index in [0.29, 0.717) is 6.54 Å². The van der Waals surface area contributed by atoms with E-state index < -0.39 is 0 Å². The van der Waals surface area contributed by atoms with Crippen LogP contribution in [0.25, 0.3) is 0 Å². The van der Waals surface area contributed by atoms with E-state index in [9.17, 15) is 4.79 Å². The van der Waals surface area contributed by atoms with Gasteiger partial charge in [0.25, 0.3) is 0 Å². The number of likely N-dealkylation sites (tertiary alicyclic amines) is 1. The Balaban J connectivity index is 1.60. The van der Waals surface area contributed by atoms with Gasteiger partial charge in [0, 0.05) is 19.3 Å². The van der Waals surface area contributed by atoms with Gasteiger partial charge >= 0.3 is 0 Å². The molecule has 0 aromatic carbocycles. The van der Waals surface area contributed by atoms with Gasteiger partial charge in [0.15, 0.2) is 0 Å². The molecule has 4 heteroatoms. The van der Waals surface area contributed by atoms with Crippen molar-refractivity contribution in [2.45, 2.75) is 38.1 Å². The Morgan fingerprint density at radius 2 is 2.21 bits per heavy atom. The smallest absolute Gasteiger partial charge is 0.236 e. The lowest BCUT2D eigenvalue weighted by Gasteiger charge is -2.26. The number of fused-ring (bicyclic) bond motifs is 1. The highest BCUT2D eigenvalue weighted by molar-refractivity contribution is 5.78. The minimum Gasteiger partial charge on any atom is -0.342 e. The number of hydrogen-bond acceptors (Lipinski definition) is 3. The zero-order chi connectivity index (χ0) is 13.1. The molecule has 3 rings (SSSR count). The molecule has 1 amide bonds. The van der Waals surface area contributed by atoms with Crippen LogP contribution in [0.15, 0.2) is 18.3 Å². The van der Waals surface area contributed by atoms with E-state index in [2.05, 4.69) is 16.4 Å². The molecule has 2 aliphatic rings. The zero-order valence-corrected chi connectivity index (χ0v) is 11.3. The summed E-state index contributed by atoms with van der Waals surface area (Å²) in [4.78, 5) is 18.5. The van der Waals surface area contributed by atoms with Crippen LogP contribution in [0.2, 0.25) is 0 Å². The Morgan fingerprint density at radius 1 is 1.37 bits per heavy atom. The number of carbonyl (C=O) groups excluding carboxylic acids is 1. The average molecular weight is 259 g/mol. The highest BCUT2D eigenvalue weighted by atomic mass is 16.2. The Bertz CT molecular complexity index is 454. The summed E-state index contributed by atoms with van der Waals surface area (Å²) in [7, 11) is 0. The van der Waals surface area contributed by atoms with Crippen LogP contribution in [0.5, 0.6) is 0 Å². The number of aromatic nitrogens is 1. The Labute approximate surface area is 114 Å². The molecule has 102 valence electrons. The third-order valence-corrected chi connectivity index (χ3v) is 4.15. The second-order valence-corrected chi connectivity index (χ2v) is 5.46. The van der Waals surface area contributed by atoms with Crippen LogP contribution in [-0.2, 0) is 11.2 Å². The monoisotopic (exact) mass is 259 g/mol. The second-order valence-electron chi connectivity index (χ2n) is 5.46. The minimum atomic E-state index is 0.237. The first-order valence-corrected chi connectivity index (χ1v) is 7.29. The standard InChI is InChI=1S/C15H21N3O/c19-14(18-9-1-2-10-18)11-17-13-7-3-5-12-6-4-8-16-15(12)13/h4,6,8,13,17H,1-3,5,7,9-11H2. The maximum absolute atomic E-state index is 12.0. The fourth-order valence-electron chi connectivity index (χ4n) is 3.10. The number of nitrogens with zero attached hydrogens (tertiary/aromatic N) is 2. The molecule has 1 N–H and O–H groups in total. The van der Waals surface area contributed by atoms with Crippen molar-refractivity contribution < 1.29 is 4.79 Å². The predicted molar refractivity (Wildman–Crippen MR) is 73.7 cm³/mol. The fraction of sp³-hybridized carbons (Fsp3) is 0.600. The van der Waals surface area contributed by atoms with Crippen LogP contribution in [0.4, 0.5) is 0 Å². The summed E-state index contributed by atoms with van der Waals surface area (Å²) in [5.41, 5.74) is 2.47. The molecular formula is C15H21N3O. The molecule has 0 radical (unpaired) electrons. The van der Waals surface area contributed by atoms with E-state index in [4.69, 9.17) is 0 Å². The minimum absolute atomic E-state index is 0.237. The molecule has 1 aromatic rings. The largest absolute Gasteiger partial charge is 0.342 e. The van der Waals surface area contributed by atoms with Gasteiger partial charge in [-0.3, -0.25) is 9.78 Å². The van der Waals surface area contributed by atoms with Crippen LogP contribution >= 0.6 is 0 Å². The second kappa shape index (κ2) is 5.70. The van der Waals surface area contributed by atoms with Crippen LogP contribution in [0.1, 0.15) is 43.0 Å². The summed E-state index contributed by atoms with van der Waals surface area (Å²) >= 11 is 0. The first-order chi connectivity index (χ1) is 9.34. The number of amides is 1. The van der Waals surface area contributed by atoms with Crippen molar-refractivity contribution in [1.29, 1.82) is 0 Å². The number of carbonyl (C=O) groups is 1. The molecule has 1 aliphatic heterocycles. The van der Waals surface area contributed by atoms with E-state index in [1.165, 1.54) is 12.0 Å². The summed E-state index contributed by atoms with van der Waals surface area (Å²) in [5, 5.41) is 3.40. The topological polar surface area (TPSA) is 45.2 Å². The maximum Gasteiger partial charge on any atom is 0.236 e. The maximum atomic E-state index is 12.0. The van der Waals surface area contributed by atoms with Crippen LogP contribution < -0.4 is 5.32 Å². The summed E-state index contributed by atoms with van der Waals surface area (Å²) in [6.45, 7) is 2.31. The Hall–Kier alpha value is -1.42. The highest BCUT2D eigenvalue weighted by Gasteiger charge is 2.23. The van der Waals surface area contributed by atoms with Gasteiger partial charge in [0.2, 0.25) is 5.91 Å². The van der Waals surface area contributed by atoms with Crippen molar-refractivity contribution in [2.75, 3.05) is 19.6 Å². The van der Waals surface area contributed by atoms with Crippen molar-refractivity contribution in [3.05, 3.63) is 29.6 Å². The Morgan fingerprint density at radius 3 is 3.05 bits per heavy atom. The molecular weight excluding hydrogens is 238 g/mol. The van der Waals surface area contributed by atoms with E-state index in [0.717, 1.165) is 44.5 Å². The summed E-state index contributed by atoms with van der Waals surface area (Å²) in [5.74, 6) is 0.237. The molecule has 0 saturated carbocycles. The quantitative estimate of drug-likeness (QED) is 0.898. The molecule has 2 heterocycles. The van der Waals surface area contributed by atoms with Gasteiger partial charge in [-0.1, -0.05) is 6.07 Å². The summed E-state index contributed by atoms with van der Waals surface area (Å²) in [6, 6.07) is 4.39. The molecule has 1 atom stereocenters. The number of pyridine rings is 1. The van der Waals surface area contributed by atoms with Crippen LogP contribution in [0.3, 0.4) is 0 Å². The van der Waals surface area contributed by atoms with Gasteiger partial charge in [-0.05, 0) is 43.7 Å². The molecule has 1 aliphatic carbocycles. The first-order valence-electron chi connectivity index (χ1n) is 7.29.